The Labute approximate surface area is 195 Å². The van der Waals surface area contributed by atoms with Crippen molar-refractivity contribution in [2.75, 3.05) is 16.8 Å². The largest absolute Gasteiger partial charge is 0.382 e. The highest BCUT2D eigenvalue weighted by Gasteiger charge is 2.22. The van der Waals surface area contributed by atoms with Crippen LogP contribution in [0.5, 0.6) is 0 Å². The molecule has 0 aliphatic rings. The van der Waals surface area contributed by atoms with Crippen LogP contribution in [-0.4, -0.2) is 14.5 Å². The van der Waals surface area contributed by atoms with Gasteiger partial charge in [-0.25, -0.2) is 0 Å². The van der Waals surface area contributed by atoms with Crippen molar-refractivity contribution in [2.24, 2.45) is 0 Å². The van der Waals surface area contributed by atoms with E-state index < -0.39 is 6.04 Å². The van der Waals surface area contributed by atoms with Gasteiger partial charge >= 0.3 is 0 Å². The van der Waals surface area contributed by atoms with Crippen LogP contribution in [0.25, 0.3) is 16.5 Å². The summed E-state index contributed by atoms with van der Waals surface area (Å²) in [5, 5.41) is 14.4. The summed E-state index contributed by atoms with van der Waals surface area (Å²) in [5.74, 6) is 0.152. The number of hydrogen-bond donors (Lipinski definition) is 3. The quantitative estimate of drug-likeness (QED) is 0.403. The SMILES string of the molecule is CC[C@H](Nc1nc(N)nc(N)c1C#N)c1cc2cccc(Cl)c2c(=O)n1-c1ccccc1C. The molecule has 1 atom stereocenters. The number of nitrogens with two attached hydrogens (primary N) is 2. The summed E-state index contributed by atoms with van der Waals surface area (Å²) in [6, 6.07) is 16.5. The van der Waals surface area contributed by atoms with Crippen LogP contribution in [0.2, 0.25) is 5.02 Å². The van der Waals surface area contributed by atoms with Crippen molar-refractivity contribution < 1.29 is 0 Å². The Bertz CT molecular complexity index is 1470. The lowest BCUT2D eigenvalue weighted by molar-refractivity contribution is 0.687. The molecule has 4 aromatic rings. The topological polar surface area (TPSA) is 136 Å². The number of anilines is 3. The monoisotopic (exact) mass is 459 g/mol. The number of rotatable bonds is 5. The summed E-state index contributed by atoms with van der Waals surface area (Å²) < 4.78 is 1.66. The molecule has 2 aromatic carbocycles. The highest BCUT2D eigenvalue weighted by Crippen LogP contribution is 2.30. The molecule has 0 amide bonds. The number of nitriles is 1. The number of nitrogen functional groups attached to an aromatic ring is 2. The lowest BCUT2D eigenvalue weighted by atomic mass is 10.0. The Balaban J connectivity index is 2.00. The molecule has 8 nitrogen and oxygen atoms in total. The summed E-state index contributed by atoms with van der Waals surface area (Å²) in [6.07, 6.45) is 0.575. The van der Waals surface area contributed by atoms with Crippen molar-refractivity contribution in [1.29, 1.82) is 5.26 Å². The van der Waals surface area contributed by atoms with Gasteiger partial charge in [-0.15, -0.1) is 0 Å². The van der Waals surface area contributed by atoms with E-state index in [4.69, 9.17) is 23.1 Å². The van der Waals surface area contributed by atoms with Crippen molar-refractivity contribution in [3.05, 3.63) is 80.7 Å². The Morgan fingerprint density at radius 3 is 2.64 bits per heavy atom. The van der Waals surface area contributed by atoms with Gasteiger partial charge in [-0.3, -0.25) is 9.36 Å². The van der Waals surface area contributed by atoms with Crippen molar-refractivity contribution in [2.45, 2.75) is 26.3 Å². The maximum absolute atomic E-state index is 13.8. The average Bonchev–Trinajstić information content (AvgIpc) is 2.78. The second-order valence-corrected chi connectivity index (χ2v) is 8.02. The molecule has 4 rings (SSSR count). The highest BCUT2D eigenvalue weighted by atomic mass is 35.5. The average molecular weight is 460 g/mol. The number of aryl methyl sites for hydroxylation is 1. The fourth-order valence-electron chi connectivity index (χ4n) is 3.92. The Hall–Kier alpha value is -4.09. The molecule has 0 bridgehead atoms. The molecule has 5 N–H and O–H groups in total. The van der Waals surface area contributed by atoms with Gasteiger partial charge in [0.1, 0.15) is 17.5 Å². The number of nitrogens with one attached hydrogen (secondary N) is 1. The molecule has 0 aliphatic heterocycles. The number of pyridine rings is 1. The molecule has 33 heavy (non-hydrogen) atoms. The minimum absolute atomic E-state index is 0.0102. The summed E-state index contributed by atoms with van der Waals surface area (Å²) in [6.45, 7) is 3.91. The minimum Gasteiger partial charge on any atom is -0.382 e. The molecule has 0 saturated carbocycles. The molecule has 0 spiro atoms. The normalized spacial score (nSPS) is 11.8. The summed E-state index contributed by atoms with van der Waals surface area (Å²) in [7, 11) is 0. The first-order chi connectivity index (χ1) is 15.8. The van der Waals surface area contributed by atoms with Crippen molar-refractivity contribution in [1.82, 2.24) is 14.5 Å². The summed E-state index contributed by atoms with van der Waals surface area (Å²) in [4.78, 5) is 21.8. The fraction of sp³-hybridized carbons (Fsp3) is 0.167. The first kappa shape index (κ1) is 22.1. The first-order valence-corrected chi connectivity index (χ1v) is 10.7. The Morgan fingerprint density at radius 1 is 1.18 bits per heavy atom. The van der Waals surface area contributed by atoms with Crippen molar-refractivity contribution in [3.63, 3.8) is 0 Å². The maximum atomic E-state index is 13.8. The van der Waals surface area contributed by atoms with E-state index >= 15 is 0 Å². The van der Waals surface area contributed by atoms with Crippen LogP contribution in [-0.2, 0) is 0 Å². The smallest absolute Gasteiger partial charge is 0.264 e. The van der Waals surface area contributed by atoms with E-state index in [1.54, 1.807) is 16.7 Å². The van der Waals surface area contributed by atoms with Gasteiger partial charge in [-0.1, -0.05) is 48.9 Å². The van der Waals surface area contributed by atoms with Gasteiger partial charge < -0.3 is 16.8 Å². The number of halogens is 1. The molecule has 9 heteroatoms. The van der Waals surface area contributed by atoms with Crippen LogP contribution in [0.3, 0.4) is 0 Å². The number of para-hydroxylation sites is 1. The molecule has 166 valence electrons. The van der Waals surface area contributed by atoms with Gasteiger partial charge in [0, 0.05) is 5.69 Å². The van der Waals surface area contributed by atoms with E-state index in [-0.39, 0.29) is 28.7 Å². The van der Waals surface area contributed by atoms with E-state index in [0.29, 0.717) is 22.5 Å². The van der Waals surface area contributed by atoms with Gasteiger partial charge in [0.25, 0.3) is 5.56 Å². The van der Waals surface area contributed by atoms with Crippen molar-refractivity contribution >= 4 is 40.0 Å². The highest BCUT2D eigenvalue weighted by molar-refractivity contribution is 6.35. The number of aromatic nitrogens is 3. The van der Waals surface area contributed by atoms with E-state index in [1.807, 2.05) is 56.3 Å². The third kappa shape index (κ3) is 3.95. The minimum atomic E-state index is -0.401. The van der Waals surface area contributed by atoms with E-state index in [1.165, 1.54) is 0 Å². The van der Waals surface area contributed by atoms with Gasteiger partial charge in [-0.2, -0.15) is 15.2 Å². The maximum Gasteiger partial charge on any atom is 0.264 e. The van der Waals surface area contributed by atoms with Crippen LogP contribution in [0, 0.1) is 18.3 Å². The first-order valence-electron chi connectivity index (χ1n) is 10.4. The van der Waals surface area contributed by atoms with E-state index in [2.05, 4.69) is 15.3 Å². The number of benzene rings is 2. The van der Waals surface area contributed by atoms with Crippen LogP contribution >= 0.6 is 11.6 Å². The fourth-order valence-corrected chi connectivity index (χ4v) is 4.18. The zero-order valence-corrected chi connectivity index (χ0v) is 18.9. The second-order valence-electron chi connectivity index (χ2n) is 7.61. The van der Waals surface area contributed by atoms with Crippen molar-refractivity contribution in [3.8, 4) is 11.8 Å². The predicted octanol–water partition coefficient (Wildman–Crippen LogP) is 4.34. The number of nitrogens with zero attached hydrogens (tertiary/aromatic N) is 4. The standard InChI is InChI=1S/C24H22ClN7O/c1-3-17(29-22-15(12-26)21(27)30-24(28)31-22)19-11-14-8-6-9-16(25)20(14)23(33)32(19)18-10-5-4-7-13(18)2/h4-11,17H,3H2,1-2H3,(H5,27,28,29,30,31)/t17-/m0/s1. The van der Waals surface area contributed by atoms with Gasteiger partial charge in [0.05, 0.1) is 22.1 Å². The molecule has 0 radical (unpaired) electrons. The molecule has 2 aromatic heterocycles. The Kier molecular flexibility index (Phi) is 5.90. The molecule has 0 unspecified atom stereocenters. The zero-order valence-electron chi connectivity index (χ0n) is 18.1. The lowest BCUT2D eigenvalue weighted by Gasteiger charge is -2.25. The number of fused-ring (bicyclic) bond motifs is 1. The van der Waals surface area contributed by atoms with E-state index in [0.717, 1.165) is 16.6 Å². The van der Waals surface area contributed by atoms with Gasteiger partial charge in [0.2, 0.25) is 5.95 Å². The third-order valence-corrected chi connectivity index (χ3v) is 5.84. The third-order valence-electron chi connectivity index (χ3n) is 5.52. The van der Waals surface area contributed by atoms with Gasteiger partial charge in [0.15, 0.2) is 5.82 Å². The molecular weight excluding hydrogens is 438 g/mol. The predicted molar refractivity (Wildman–Crippen MR) is 132 cm³/mol. The molecule has 0 saturated heterocycles. The van der Waals surface area contributed by atoms with Crippen LogP contribution < -0.4 is 22.3 Å². The molecule has 0 aliphatic carbocycles. The van der Waals surface area contributed by atoms with Gasteiger partial charge in [-0.05, 0) is 42.5 Å². The van der Waals surface area contributed by atoms with Crippen LogP contribution in [0.4, 0.5) is 17.6 Å². The molecular formula is C24H22ClN7O. The zero-order chi connectivity index (χ0) is 23.7. The van der Waals surface area contributed by atoms with Crippen LogP contribution in [0.15, 0.2) is 53.3 Å². The second kappa shape index (κ2) is 8.81. The summed E-state index contributed by atoms with van der Waals surface area (Å²) >= 11 is 6.42. The molecule has 0 fully saturated rings. The Morgan fingerprint density at radius 2 is 1.94 bits per heavy atom. The lowest BCUT2D eigenvalue weighted by Crippen LogP contribution is -2.27. The molecule has 2 heterocycles. The number of hydrogen-bond acceptors (Lipinski definition) is 7. The van der Waals surface area contributed by atoms with E-state index in [9.17, 15) is 10.1 Å². The van der Waals surface area contributed by atoms with Crippen LogP contribution in [0.1, 0.15) is 36.2 Å². The summed E-state index contributed by atoms with van der Waals surface area (Å²) in [5.41, 5.74) is 13.9.